The summed E-state index contributed by atoms with van der Waals surface area (Å²) in [5.41, 5.74) is 2.51. The van der Waals surface area contributed by atoms with E-state index < -0.39 is 0 Å². The number of nitrogens with one attached hydrogen (secondary N) is 1. The zero-order valence-electron chi connectivity index (χ0n) is 9.68. The third kappa shape index (κ3) is 3.40. The monoisotopic (exact) mass is 226 g/mol. The molecular weight excluding hydrogens is 208 g/mol. The van der Waals surface area contributed by atoms with Gasteiger partial charge < -0.3 is 10.2 Å². The fourth-order valence-corrected chi connectivity index (χ4v) is 1.64. The van der Waals surface area contributed by atoms with E-state index in [1.165, 1.54) is 11.3 Å². The van der Waals surface area contributed by atoms with Gasteiger partial charge in [-0.25, -0.2) is 0 Å². The number of hydrogen-bond acceptors (Lipinski definition) is 2. The van der Waals surface area contributed by atoms with Gasteiger partial charge >= 0.3 is 0 Å². The number of halogens is 1. The second-order valence-electron chi connectivity index (χ2n) is 3.57. The van der Waals surface area contributed by atoms with Crippen LogP contribution in [-0.2, 0) is 6.54 Å². The molecule has 84 valence electrons. The lowest BCUT2D eigenvalue weighted by Gasteiger charge is -2.21. The van der Waals surface area contributed by atoms with Crippen LogP contribution >= 0.6 is 11.6 Å². The molecule has 0 amide bonds. The first kappa shape index (κ1) is 12.3. The minimum atomic E-state index is 0.797. The summed E-state index contributed by atoms with van der Waals surface area (Å²) in [4.78, 5) is 2.21. The highest BCUT2D eigenvalue weighted by Crippen LogP contribution is 2.23. The molecule has 1 aromatic carbocycles. The molecule has 1 N–H and O–H groups in total. The molecule has 0 spiro atoms. The van der Waals surface area contributed by atoms with Crippen molar-refractivity contribution in [3.63, 3.8) is 0 Å². The number of hydrogen-bond donors (Lipinski definition) is 1. The van der Waals surface area contributed by atoms with Gasteiger partial charge in [-0.05, 0) is 31.2 Å². The van der Waals surface area contributed by atoms with Crippen LogP contribution in [0.15, 0.2) is 18.2 Å². The Morgan fingerprint density at radius 1 is 1.33 bits per heavy atom. The van der Waals surface area contributed by atoms with E-state index in [0.29, 0.717) is 0 Å². The first-order valence-electron chi connectivity index (χ1n) is 5.39. The quantitative estimate of drug-likeness (QED) is 0.831. The van der Waals surface area contributed by atoms with Crippen LogP contribution in [0.5, 0.6) is 0 Å². The molecule has 0 aliphatic carbocycles. The van der Waals surface area contributed by atoms with E-state index in [-0.39, 0.29) is 0 Å². The minimum Gasteiger partial charge on any atom is -0.375 e. The Bertz CT molecular complexity index is 312. The van der Waals surface area contributed by atoms with Crippen molar-refractivity contribution >= 4 is 17.3 Å². The Balaban J connectivity index is 2.92. The van der Waals surface area contributed by atoms with Crippen molar-refractivity contribution in [3.8, 4) is 0 Å². The van der Waals surface area contributed by atoms with Crippen LogP contribution in [0.3, 0.4) is 0 Å². The lowest BCUT2D eigenvalue weighted by atomic mass is 10.1. The van der Waals surface area contributed by atoms with Crippen molar-refractivity contribution in [2.45, 2.75) is 20.4 Å². The minimum absolute atomic E-state index is 0.797. The summed E-state index contributed by atoms with van der Waals surface area (Å²) < 4.78 is 0. The standard InChI is InChI=1S/C12H19ClN2/c1-4-14-9-10-6-7-11(13)8-12(10)15(3)5-2/h6-8,14H,4-5,9H2,1-3H3. The molecule has 0 aromatic heterocycles. The van der Waals surface area contributed by atoms with Gasteiger partial charge in [-0.15, -0.1) is 0 Å². The van der Waals surface area contributed by atoms with E-state index >= 15 is 0 Å². The van der Waals surface area contributed by atoms with Gasteiger partial charge in [0.05, 0.1) is 0 Å². The number of anilines is 1. The third-order valence-corrected chi connectivity index (χ3v) is 2.73. The molecule has 0 fully saturated rings. The molecule has 0 atom stereocenters. The summed E-state index contributed by atoms with van der Waals surface area (Å²) in [7, 11) is 2.08. The second-order valence-corrected chi connectivity index (χ2v) is 4.00. The molecule has 0 aliphatic rings. The van der Waals surface area contributed by atoms with Gasteiger partial charge in [0.25, 0.3) is 0 Å². The Labute approximate surface area is 97.2 Å². The van der Waals surface area contributed by atoms with E-state index in [1.54, 1.807) is 0 Å². The predicted octanol–water partition coefficient (Wildman–Crippen LogP) is 2.91. The summed E-state index contributed by atoms with van der Waals surface area (Å²) in [6.45, 7) is 7.11. The number of rotatable bonds is 5. The Kier molecular flexibility index (Phi) is 4.92. The van der Waals surface area contributed by atoms with Crippen LogP contribution in [0.1, 0.15) is 19.4 Å². The zero-order valence-corrected chi connectivity index (χ0v) is 10.4. The molecule has 0 saturated carbocycles. The van der Waals surface area contributed by atoms with Crippen molar-refractivity contribution in [2.75, 3.05) is 25.0 Å². The van der Waals surface area contributed by atoms with Crippen LogP contribution in [0.4, 0.5) is 5.69 Å². The van der Waals surface area contributed by atoms with Crippen LogP contribution in [0.2, 0.25) is 5.02 Å². The molecule has 0 heterocycles. The third-order valence-electron chi connectivity index (χ3n) is 2.50. The van der Waals surface area contributed by atoms with Crippen LogP contribution in [0, 0.1) is 0 Å². The van der Waals surface area contributed by atoms with E-state index in [2.05, 4.69) is 37.2 Å². The lowest BCUT2D eigenvalue weighted by molar-refractivity contribution is 0.724. The first-order chi connectivity index (χ1) is 7.19. The Morgan fingerprint density at radius 3 is 2.67 bits per heavy atom. The largest absolute Gasteiger partial charge is 0.375 e. The highest BCUT2D eigenvalue weighted by Gasteiger charge is 2.06. The van der Waals surface area contributed by atoms with Gasteiger partial charge in [0, 0.05) is 30.8 Å². The summed E-state index contributed by atoms with van der Waals surface area (Å²) in [5.74, 6) is 0. The van der Waals surface area contributed by atoms with E-state index in [0.717, 1.165) is 24.7 Å². The topological polar surface area (TPSA) is 15.3 Å². The van der Waals surface area contributed by atoms with Gasteiger partial charge in [0.2, 0.25) is 0 Å². The fraction of sp³-hybridized carbons (Fsp3) is 0.500. The van der Waals surface area contributed by atoms with Crippen molar-refractivity contribution < 1.29 is 0 Å². The second kappa shape index (κ2) is 5.99. The molecular formula is C12H19ClN2. The average molecular weight is 227 g/mol. The van der Waals surface area contributed by atoms with Gasteiger partial charge in [-0.3, -0.25) is 0 Å². The summed E-state index contributed by atoms with van der Waals surface area (Å²) in [5, 5.41) is 4.13. The van der Waals surface area contributed by atoms with Crippen LogP contribution in [0.25, 0.3) is 0 Å². The highest BCUT2D eigenvalue weighted by atomic mass is 35.5. The van der Waals surface area contributed by atoms with Gasteiger partial charge in [0.1, 0.15) is 0 Å². The molecule has 1 aromatic rings. The average Bonchev–Trinajstić information content (AvgIpc) is 2.26. The summed E-state index contributed by atoms with van der Waals surface area (Å²) in [6.07, 6.45) is 0. The molecule has 0 aliphatic heterocycles. The fourth-order valence-electron chi connectivity index (χ4n) is 1.47. The molecule has 0 bridgehead atoms. The number of nitrogens with zero attached hydrogens (tertiary/aromatic N) is 1. The first-order valence-corrected chi connectivity index (χ1v) is 5.77. The molecule has 0 radical (unpaired) electrons. The molecule has 1 rings (SSSR count). The van der Waals surface area contributed by atoms with Crippen molar-refractivity contribution in [2.24, 2.45) is 0 Å². The normalized spacial score (nSPS) is 10.4. The smallest absolute Gasteiger partial charge is 0.0426 e. The zero-order chi connectivity index (χ0) is 11.3. The maximum atomic E-state index is 6.00. The SMILES string of the molecule is CCNCc1ccc(Cl)cc1N(C)CC. The van der Waals surface area contributed by atoms with Gasteiger partial charge in [0.15, 0.2) is 0 Å². The maximum Gasteiger partial charge on any atom is 0.0426 e. The van der Waals surface area contributed by atoms with Crippen molar-refractivity contribution in [1.29, 1.82) is 0 Å². The van der Waals surface area contributed by atoms with Crippen molar-refractivity contribution in [1.82, 2.24) is 5.32 Å². The van der Waals surface area contributed by atoms with Crippen molar-refractivity contribution in [3.05, 3.63) is 28.8 Å². The lowest BCUT2D eigenvalue weighted by Crippen LogP contribution is -2.20. The number of benzene rings is 1. The van der Waals surface area contributed by atoms with E-state index in [9.17, 15) is 0 Å². The Morgan fingerprint density at radius 2 is 2.07 bits per heavy atom. The molecule has 3 heteroatoms. The summed E-state index contributed by atoms with van der Waals surface area (Å²) >= 11 is 6.00. The van der Waals surface area contributed by atoms with Gasteiger partial charge in [-0.1, -0.05) is 24.6 Å². The van der Waals surface area contributed by atoms with Crippen LogP contribution < -0.4 is 10.2 Å². The van der Waals surface area contributed by atoms with Crippen LogP contribution in [-0.4, -0.2) is 20.1 Å². The maximum absolute atomic E-state index is 6.00. The summed E-state index contributed by atoms with van der Waals surface area (Å²) in [6, 6.07) is 6.06. The molecule has 0 unspecified atom stereocenters. The molecule has 15 heavy (non-hydrogen) atoms. The molecule has 2 nitrogen and oxygen atoms in total. The van der Waals surface area contributed by atoms with E-state index in [4.69, 9.17) is 11.6 Å². The van der Waals surface area contributed by atoms with Gasteiger partial charge in [-0.2, -0.15) is 0 Å². The predicted molar refractivity (Wildman–Crippen MR) is 67.8 cm³/mol. The van der Waals surface area contributed by atoms with E-state index in [1.807, 2.05) is 12.1 Å². The molecule has 0 saturated heterocycles. The highest BCUT2D eigenvalue weighted by molar-refractivity contribution is 6.30. The Hall–Kier alpha value is -0.730.